The third-order valence-electron chi connectivity index (χ3n) is 4.48. The van der Waals surface area contributed by atoms with Gasteiger partial charge in [0.05, 0.1) is 23.6 Å². The zero-order valence-electron chi connectivity index (χ0n) is 15.1. The fourth-order valence-corrected chi connectivity index (χ4v) is 4.70. The summed E-state index contributed by atoms with van der Waals surface area (Å²) in [5.41, 5.74) is 1.74. The van der Waals surface area contributed by atoms with Crippen LogP contribution in [0.15, 0.2) is 47.6 Å². The molecule has 146 valence electrons. The minimum absolute atomic E-state index is 0. The van der Waals surface area contributed by atoms with Crippen molar-refractivity contribution in [3.63, 3.8) is 0 Å². The molecular formula is C18H22ClN3O4S. The van der Waals surface area contributed by atoms with Gasteiger partial charge in [-0.3, -0.25) is 4.98 Å². The van der Waals surface area contributed by atoms with E-state index in [0.717, 1.165) is 5.56 Å². The molecule has 1 aromatic carbocycles. The van der Waals surface area contributed by atoms with Crippen molar-refractivity contribution in [1.29, 1.82) is 0 Å². The lowest BCUT2D eigenvalue weighted by Crippen LogP contribution is -2.48. The Balaban J connectivity index is 0.00000261. The number of pyridine rings is 1. The molecule has 1 fully saturated rings. The summed E-state index contributed by atoms with van der Waals surface area (Å²) in [7, 11) is -2.51. The Bertz CT molecular complexity index is 906. The van der Waals surface area contributed by atoms with Gasteiger partial charge in [-0.2, -0.15) is 4.31 Å². The van der Waals surface area contributed by atoms with Crippen molar-refractivity contribution in [2.75, 3.05) is 26.7 Å². The van der Waals surface area contributed by atoms with E-state index in [4.69, 9.17) is 4.74 Å². The van der Waals surface area contributed by atoms with E-state index in [1.807, 2.05) is 6.07 Å². The highest BCUT2D eigenvalue weighted by Gasteiger charge is 2.35. The number of nitrogens with one attached hydrogen (secondary N) is 1. The molecule has 3 rings (SSSR count). The highest BCUT2D eigenvalue weighted by Crippen LogP contribution is 2.29. The van der Waals surface area contributed by atoms with Crippen molar-refractivity contribution >= 4 is 28.4 Å². The van der Waals surface area contributed by atoms with Gasteiger partial charge in [-0.1, -0.05) is 12.1 Å². The van der Waals surface area contributed by atoms with Crippen LogP contribution >= 0.6 is 12.4 Å². The number of ether oxygens (including phenoxy) is 1. The summed E-state index contributed by atoms with van der Waals surface area (Å²) < 4.78 is 32.8. The molecule has 0 saturated carbocycles. The summed E-state index contributed by atoms with van der Waals surface area (Å²) in [5, 5.41) is 3.23. The predicted molar refractivity (Wildman–Crippen MR) is 104 cm³/mol. The fourth-order valence-electron chi connectivity index (χ4n) is 3.06. The quantitative estimate of drug-likeness (QED) is 0.773. The largest absolute Gasteiger partial charge is 0.465 e. The Morgan fingerprint density at radius 2 is 2.11 bits per heavy atom. The number of carbonyl (C=O) groups is 1. The van der Waals surface area contributed by atoms with Gasteiger partial charge < -0.3 is 10.1 Å². The van der Waals surface area contributed by atoms with Crippen molar-refractivity contribution in [1.82, 2.24) is 14.6 Å². The van der Waals surface area contributed by atoms with E-state index >= 15 is 0 Å². The summed E-state index contributed by atoms with van der Waals surface area (Å²) >= 11 is 0. The first-order valence-corrected chi connectivity index (χ1v) is 9.70. The Kier molecular flexibility index (Phi) is 6.94. The van der Waals surface area contributed by atoms with E-state index in [9.17, 15) is 13.2 Å². The number of sulfonamides is 1. The first-order valence-electron chi connectivity index (χ1n) is 8.26. The van der Waals surface area contributed by atoms with Crippen molar-refractivity contribution in [2.45, 2.75) is 17.9 Å². The smallest absolute Gasteiger partial charge is 0.338 e. The summed E-state index contributed by atoms with van der Waals surface area (Å²) in [6.45, 7) is 3.14. The Labute approximate surface area is 165 Å². The lowest BCUT2D eigenvalue weighted by atomic mass is 10.1. The summed E-state index contributed by atoms with van der Waals surface area (Å²) in [5.74, 6) is -0.552. The standard InChI is InChI=1S/C18H21N3O4S.ClH/c1-13-5-6-15(10-16(13)18(22)25-2)26(23,24)21-9-8-20-12-17(21)14-4-3-7-19-11-14;/h3-7,10-11,17,20H,8-9,12H2,1-2H3;1H. The van der Waals surface area contributed by atoms with E-state index in [2.05, 4.69) is 10.3 Å². The monoisotopic (exact) mass is 411 g/mol. The molecule has 1 N–H and O–H groups in total. The van der Waals surface area contributed by atoms with Crippen molar-refractivity contribution in [2.24, 2.45) is 0 Å². The fraction of sp³-hybridized carbons (Fsp3) is 0.333. The average molecular weight is 412 g/mol. The van der Waals surface area contributed by atoms with Gasteiger partial charge in [0.15, 0.2) is 0 Å². The molecule has 1 aromatic heterocycles. The second-order valence-electron chi connectivity index (χ2n) is 6.09. The highest BCUT2D eigenvalue weighted by atomic mass is 35.5. The molecule has 0 bridgehead atoms. The van der Waals surface area contributed by atoms with Gasteiger partial charge in [-0.05, 0) is 36.2 Å². The number of methoxy groups -OCH3 is 1. The van der Waals surface area contributed by atoms with Gasteiger partial charge in [-0.25, -0.2) is 13.2 Å². The number of halogens is 1. The van der Waals surface area contributed by atoms with Gasteiger partial charge >= 0.3 is 5.97 Å². The molecule has 1 aliphatic heterocycles. The predicted octanol–water partition coefficient (Wildman–Crippen LogP) is 1.93. The van der Waals surface area contributed by atoms with Crippen molar-refractivity contribution < 1.29 is 17.9 Å². The van der Waals surface area contributed by atoms with Gasteiger partial charge in [0.25, 0.3) is 0 Å². The molecule has 1 unspecified atom stereocenters. The first-order chi connectivity index (χ1) is 12.4. The lowest BCUT2D eigenvalue weighted by Gasteiger charge is -2.35. The summed E-state index contributed by atoms with van der Waals surface area (Å²) in [6.07, 6.45) is 3.33. The molecule has 2 heterocycles. The second-order valence-corrected chi connectivity index (χ2v) is 7.98. The Hall–Kier alpha value is -2.00. The normalized spacial score (nSPS) is 17.8. The van der Waals surface area contributed by atoms with Gasteiger partial charge in [0.1, 0.15) is 0 Å². The number of hydrogen-bond donors (Lipinski definition) is 1. The van der Waals surface area contributed by atoms with Crippen molar-refractivity contribution in [3.05, 3.63) is 59.4 Å². The van der Waals surface area contributed by atoms with Gasteiger partial charge in [-0.15, -0.1) is 12.4 Å². The van der Waals surface area contributed by atoms with E-state index in [1.54, 1.807) is 31.5 Å². The lowest BCUT2D eigenvalue weighted by molar-refractivity contribution is 0.0599. The van der Waals surface area contributed by atoms with Crippen molar-refractivity contribution in [3.8, 4) is 0 Å². The summed E-state index contributed by atoms with van der Waals surface area (Å²) in [6, 6.07) is 7.84. The topological polar surface area (TPSA) is 88.6 Å². The Morgan fingerprint density at radius 3 is 2.78 bits per heavy atom. The number of piperazine rings is 1. The van der Waals surface area contributed by atoms with Crippen LogP contribution < -0.4 is 5.32 Å². The van der Waals surface area contributed by atoms with E-state index in [0.29, 0.717) is 25.2 Å². The zero-order valence-corrected chi connectivity index (χ0v) is 16.7. The van der Waals surface area contributed by atoms with Crippen LogP contribution in [0.5, 0.6) is 0 Å². The molecule has 1 atom stereocenters. The van der Waals surface area contributed by atoms with Crippen LogP contribution in [-0.4, -0.2) is 50.4 Å². The number of rotatable bonds is 4. The number of hydrogen-bond acceptors (Lipinski definition) is 6. The molecule has 0 spiro atoms. The highest BCUT2D eigenvalue weighted by molar-refractivity contribution is 7.89. The number of aryl methyl sites for hydroxylation is 1. The average Bonchev–Trinajstić information content (AvgIpc) is 2.68. The maximum Gasteiger partial charge on any atom is 0.338 e. The summed E-state index contributed by atoms with van der Waals surface area (Å²) in [4.78, 5) is 16.1. The number of aromatic nitrogens is 1. The molecule has 7 nitrogen and oxygen atoms in total. The minimum atomic E-state index is -3.78. The number of esters is 1. The van der Waals surface area contributed by atoms with Crippen LogP contribution in [0.1, 0.15) is 27.5 Å². The molecule has 9 heteroatoms. The molecule has 0 aliphatic carbocycles. The maximum absolute atomic E-state index is 13.3. The molecule has 1 saturated heterocycles. The van der Waals surface area contributed by atoms with E-state index in [1.165, 1.54) is 23.5 Å². The van der Waals surface area contributed by atoms with Crippen LogP contribution in [0.2, 0.25) is 0 Å². The number of carbonyl (C=O) groups excluding carboxylic acids is 1. The van der Waals surface area contributed by atoms with Gasteiger partial charge in [0.2, 0.25) is 10.0 Å². The third-order valence-corrected chi connectivity index (χ3v) is 6.39. The number of benzene rings is 1. The minimum Gasteiger partial charge on any atom is -0.465 e. The molecule has 0 radical (unpaired) electrons. The van der Waals surface area contributed by atoms with E-state index in [-0.39, 0.29) is 28.9 Å². The van der Waals surface area contributed by atoms with Crippen LogP contribution in [0.4, 0.5) is 0 Å². The molecule has 27 heavy (non-hydrogen) atoms. The molecule has 0 amide bonds. The van der Waals surface area contributed by atoms with Gasteiger partial charge in [0, 0.05) is 32.0 Å². The second kappa shape index (κ2) is 8.79. The molecule has 1 aliphatic rings. The van der Waals surface area contributed by atoms with Crippen LogP contribution in [-0.2, 0) is 14.8 Å². The van der Waals surface area contributed by atoms with Crippen LogP contribution in [0.3, 0.4) is 0 Å². The van der Waals surface area contributed by atoms with Crippen LogP contribution in [0, 0.1) is 6.92 Å². The number of nitrogens with zero attached hydrogens (tertiary/aromatic N) is 2. The molecular weight excluding hydrogens is 390 g/mol. The maximum atomic E-state index is 13.3. The van der Waals surface area contributed by atoms with E-state index < -0.39 is 16.0 Å². The molecule has 2 aromatic rings. The zero-order chi connectivity index (χ0) is 18.7. The van der Waals surface area contributed by atoms with Crippen LogP contribution in [0.25, 0.3) is 0 Å². The first kappa shape index (κ1) is 21.3. The Morgan fingerprint density at radius 1 is 1.33 bits per heavy atom. The third kappa shape index (κ3) is 4.30. The SMILES string of the molecule is COC(=O)c1cc(S(=O)(=O)N2CCNCC2c2cccnc2)ccc1C.Cl.